The molecule has 0 radical (unpaired) electrons. The van der Waals surface area contributed by atoms with Gasteiger partial charge >= 0.3 is 0 Å². The molecule has 0 aliphatic heterocycles. The van der Waals surface area contributed by atoms with Gasteiger partial charge in [0.15, 0.2) is 0 Å². The van der Waals surface area contributed by atoms with Crippen molar-refractivity contribution >= 4 is 22.7 Å². The summed E-state index contributed by atoms with van der Waals surface area (Å²) in [4.78, 5) is 4.34. The third-order valence-electron chi connectivity index (χ3n) is 2.66. The molecule has 0 aromatic carbocycles. The lowest BCUT2D eigenvalue weighted by Crippen LogP contribution is -1.99. The zero-order chi connectivity index (χ0) is 11.5. The quantitative estimate of drug-likeness (QED) is 0.873. The van der Waals surface area contributed by atoms with E-state index in [0.29, 0.717) is 0 Å². The van der Waals surface area contributed by atoms with Crippen LogP contribution in [-0.2, 0) is 6.42 Å². The maximum Gasteiger partial charge on any atom is 0.0477 e. The molecule has 0 saturated heterocycles. The summed E-state index contributed by atoms with van der Waals surface area (Å²) in [7, 11) is 0. The van der Waals surface area contributed by atoms with Crippen molar-refractivity contribution in [3.05, 3.63) is 33.5 Å². The molecular weight excluding hydrogens is 234 g/mol. The van der Waals surface area contributed by atoms with Crippen LogP contribution in [0.4, 0.5) is 0 Å². The largest absolute Gasteiger partial charge is 0.330 e. The minimum atomic E-state index is 0.782. The van der Waals surface area contributed by atoms with Crippen LogP contribution in [0, 0.1) is 13.8 Å². The summed E-state index contributed by atoms with van der Waals surface area (Å²) in [5.41, 5.74) is 8.34. The maximum atomic E-state index is 5.55. The SMILES string of the molecule is Cc1ccsc1-c1sc(CCCN)cc1C. The summed E-state index contributed by atoms with van der Waals surface area (Å²) >= 11 is 3.77. The maximum absolute atomic E-state index is 5.55. The Morgan fingerprint density at radius 3 is 2.62 bits per heavy atom. The first-order valence-corrected chi connectivity index (χ1v) is 7.26. The van der Waals surface area contributed by atoms with E-state index in [9.17, 15) is 0 Å². The van der Waals surface area contributed by atoms with Gasteiger partial charge in [-0.1, -0.05) is 0 Å². The van der Waals surface area contributed by atoms with E-state index in [0.717, 1.165) is 19.4 Å². The predicted octanol–water partition coefficient (Wildman–Crippen LogP) is 3.98. The van der Waals surface area contributed by atoms with E-state index in [1.165, 1.54) is 25.8 Å². The number of hydrogen-bond acceptors (Lipinski definition) is 3. The number of aryl methyl sites for hydroxylation is 3. The van der Waals surface area contributed by atoms with Crippen molar-refractivity contribution in [2.24, 2.45) is 5.73 Å². The third-order valence-corrected chi connectivity index (χ3v) is 5.14. The fourth-order valence-corrected chi connectivity index (χ4v) is 4.20. The standard InChI is InChI=1S/C13H17NS2/c1-9-5-7-15-12(9)13-10(2)8-11(16-13)4-3-6-14/h5,7-8H,3-4,6,14H2,1-2H3. The van der Waals surface area contributed by atoms with Gasteiger partial charge in [-0.05, 0) is 61.9 Å². The minimum Gasteiger partial charge on any atom is -0.330 e. The van der Waals surface area contributed by atoms with Crippen LogP contribution in [0.25, 0.3) is 9.75 Å². The molecule has 16 heavy (non-hydrogen) atoms. The summed E-state index contributed by atoms with van der Waals surface area (Å²) in [6, 6.07) is 4.51. The van der Waals surface area contributed by atoms with Crippen molar-refractivity contribution in [2.45, 2.75) is 26.7 Å². The van der Waals surface area contributed by atoms with E-state index in [1.54, 1.807) is 0 Å². The molecule has 2 aromatic rings. The zero-order valence-electron chi connectivity index (χ0n) is 9.75. The summed E-state index contributed by atoms with van der Waals surface area (Å²) in [5, 5.41) is 2.17. The highest BCUT2D eigenvalue weighted by Crippen LogP contribution is 2.37. The van der Waals surface area contributed by atoms with E-state index < -0.39 is 0 Å². The lowest BCUT2D eigenvalue weighted by atomic mass is 10.2. The fourth-order valence-electron chi connectivity index (χ4n) is 1.78. The minimum absolute atomic E-state index is 0.782. The Balaban J connectivity index is 2.28. The van der Waals surface area contributed by atoms with Crippen molar-refractivity contribution in [2.75, 3.05) is 6.54 Å². The summed E-state index contributed by atoms with van der Waals surface area (Å²) in [6.45, 7) is 5.17. The summed E-state index contributed by atoms with van der Waals surface area (Å²) in [6.07, 6.45) is 2.20. The average Bonchev–Trinajstić information content (AvgIpc) is 2.82. The Morgan fingerprint density at radius 2 is 2.00 bits per heavy atom. The number of hydrogen-bond donors (Lipinski definition) is 1. The van der Waals surface area contributed by atoms with Gasteiger partial charge in [-0.3, -0.25) is 0 Å². The number of nitrogens with two attached hydrogens (primary N) is 1. The molecule has 1 nitrogen and oxygen atoms in total. The highest BCUT2D eigenvalue weighted by molar-refractivity contribution is 7.21. The van der Waals surface area contributed by atoms with Crippen molar-refractivity contribution in [1.29, 1.82) is 0 Å². The first kappa shape index (κ1) is 11.8. The Kier molecular flexibility index (Phi) is 3.79. The molecule has 2 rings (SSSR count). The van der Waals surface area contributed by atoms with Crippen molar-refractivity contribution in [1.82, 2.24) is 0 Å². The highest BCUT2D eigenvalue weighted by atomic mass is 32.1. The topological polar surface area (TPSA) is 26.0 Å². The van der Waals surface area contributed by atoms with Gasteiger partial charge in [0.2, 0.25) is 0 Å². The second kappa shape index (κ2) is 5.13. The Morgan fingerprint density at radius 1 is 1.19 bits per heavy atom. The van der Waals surface area contributed by atoms with Gasteiger partial charge in [0.25, 0.3) is 0 Å². The number of rotatable bonds is 4. The Hall–Kier alpha value is -0.640. The molecule has 0 saturated carbocycles. The first-order chi connectivity index (χ1) is 7.72. The van der Waals surface area contributed by atoms with Crippen LogP contribution < -0.4 is 5.73 Å². The molecule has 2 N–H and O–H groups in total. The Labute approximate surface area is 105 Å². The molecule has 0 aliphatic carbocycles. The van der Waals surface area contributed by atoms with Gasteiger partial charge in [0, 0.05) is 14.6 Å². The monoisotopic (exact) mass is 251 g/mol. The van der Waals surface area contributed by atoms with Crippen LogP contribution >= 0.6 is 22.7 Å². The van der Waals surface area contributed by atoms with E-state index in [-0.39, 0.29) is 0 Å². The van der Waals surface area contributed by atoms with Crippen molar-refractivity contribution < 1.29 is 0 Å². The molecule has 0 amide bonds. The average molecular weight is 251 g/mol. The highest BCUT2D eigenvalue weighted by Gasteiger charge is 2.10. The third kappa shape index (κ3) is 2.37. The second-order valence-electron chi connectivity index (χ2n) is 4.05. The van der Waals surface area contributed by atoms with Gasteiger partial charge in [-0.25, -0.2) is 0 Å². The molecule has 2 heterocycles. The molecule has 0 bridgehead atoms. The lowest BCUT2D eigenvalue weighted by Gasteiger charge is -1.97. The smallest absolute Gasteiger partial charge is 0.0477 e. The molecule has 0 aliphatic rings. The molecule has 0 atom stereocenters. The molecule has 86 valence electrons. The first-order valence-electron chi connectivity index (χ1n) is 5.56. The second-order valence-corrected chi connectivity index (χ2v) is 6.10. The van der Waals surface area contributed by atoms with E-state index in [4.69, 9.17) is 5.73 Å². The summed E-state index contributed by atoms with van der Waals surface area (Å²) < 4.78 is 0. The predicted molar refractivity (Wildman–Crippen MR) is 74.5 cm³/mol. The molecule has 2 aromatic heterocycles. The van der Waals surface area contributed by atoms with Crippen LogP contribution in [0.1, 0.15) is 22.4 Å². The molecule has 0 spiro atoms. The van der Waals surface area contributed by atoms with Crippen LogP contribution in [0.3, 0.4) is 0 Å². The van der Waals surface area contributed by atoms with Crippen molar-refractivity contribution in [3.8, 4) is 9.75 Å². The van der Waals surface area contributed by atoms with E-state index in [1.807, 2.05) is 22.7 Å². The van der Waals surface area contributed by atoms with Gasteiger partial charge in [0.05, 0.1) is 0 Å². The normalized spacial score (nSPS) is 10.9. The van der Waals surface area contributed by atoms with Crippen LogP contribution in [0.5, 0.6) is 0 Å². The zero-order valence-corrected chi connectivity index (χ0v) is 11.4. The van der Waals surface area contributed by atoms with Crippen LogP contribution in [0.15, 0.2) is 17.5 Å². The number of thiophene rings is 2. The molecular formula is C13H17NS2. The molecule has 0 unspecified atom stereocenters. The summed E-state index contributed by atoms with van der Waals surface area (Å²) in [5.74, 6) is 0. The molecule has 3 heteroatoms. The van der Waals surface area contributed by atoms with E-state index >= 15 is 0 Å². The Bertz CT molecular complexity index is 468. The van der Waals surface area contributed by atoms with Crippen molar-refractivity contribution in [3.63, 3.8) is 0 Å². The fraction of sp³-hybridized carbons (Fsp3) is 0.385. The lowest BCUT2D eigenvalue weighted by molar-refractivity contribution is 0.843. The van der Waals surface area contributed by atoms with Gasteiger partial charge < -0.3 is 5.73 Å². The van der Waals surface area contributed by atoms with Gasteiger partial charge in [-0.2, -0.15) is 0 Å². The van der Waals surface area contributed by atoms with Crippen LogP contribution in [0.2, 0.25) is 0 Å². The molecule has 0 fully saturated rings. The van der Waals surface area contributed by atoms with E-state index in [2.05, 4.69) is 31.4 Å². The van der Waals surface area contributed by atoms with Gasteiger partial charge in [-0.15, -0.1) is 22.7 Å². The van der Waals surface area contributed by atoms with Crippen LogP contribution in [-0.4, -0.2) is 6.54 Å². The van der Waals surface area contributed by atoms with Gasteiger partial charge in [0.1, 0.15) is 0 Å².